The molecule has 0 spiro atoms. The second-order valence-corrected chi connectivity index (χ2v) is 6.85. The lowest BCUT2D eigenvalue weighted by Crippen LogP contribution is -2.62. The molecule has 0 aromatic heterocycles. The molecule has 4 nitrogen and oxygen atoms in total. The minimum Gasteiger partial charge on any atom is -0.336 e. The Hall–Kier alpha value is -1.08. The molecular weight excluding hydrogens is 250 g/mol. The second-order valence-electron chi connectivity index (χ2n) is 6.85. The summed E-state index contributed by atoms with van der Waals surface area (Å²) in [4.78, 5) is 17.5. The van der Waals surface area contributed by atoms with Crippen LogP contribution in [0, 0.1) is 16.7 Å². The predicted molar refractivity (Wildman–Crippen MR) is 76.9 cm³/mol. The molecule has 3 aliphatic rings. The van der Waals surface area contributed by atoms with Crippen LogP contribution < -0.4 is 0 Å². The number of fused-ring (bicyclic) bond motifs is 1. The van der Waals surface area contributed by atoms with Crippen molar-refractivity contribution in [1.82, 2.24) is 9.80 Å². The SMILES string of the molecule is CC1CN2CCCCC2CN1C(=O)C1(C#N)CCCC1. The molecular formula is C16H25N3O. The molecule has 4 heteroatoms. The van der Waals surface area contributed by atoms with Gasteiger partial charge in [0.25, 0.3) is 0 Å². The maximum absolute atomic E-state index is 12.9. The van der Waals surface area contributed by atoms with Crippen LogP contribution in [0.1, 0.15) is 51.9 Å². The molecule has 20 heavy (non-hydrogen) atoms. The van der Waals surface area contributed by atoms with Gasteiger partial charge in [0.05, 0.1) is 6.07 Å². The Morgan fingerprint density at radius 3 is 2.65 bits per heavy atom. The summed E-state index contributed by atoms with van der Waals surface area (Å²) in [6.45, 7) is 5.14. The highest BCUT2D eigenvalue weighted by atomic mass is 16.2. The zero-order chi connectivity index (χ0) is 14.2. The van der Waals surface area contributed by atoms with Gasteiger partial charge in [0.2, 0.25) is 5.91 Å². The Morgan fingerprint density at radius 1 is 1.20 bits per heavy atom. The Balaban J connectivity index is 1.76. The molecule has 1 aliphatic carbocycles. The molecule has 2 saturated heterocycles. The first kappa shape index (κ1) is 13.9. The molecule has 2 unspecified atom stereocenters. The van der Waals surface area contributed by atoms with Crippen LogP contribution in [0.2, 0.25) is 0 Å². The van der Waals surface area contributed by atoms with E-state index in [4.69, 9.17) is 0 Å². The lowest BCUT2D eigenvalue weighted by molar-refractivity contribution is -0.145. The molecule has 0 N–H and O–H groups in total. The largest absolute Gasteiger partial charge is 0.336 e. The molecule has 0 aromatic carbocycles. The zero-order valence-electron chi connectivity index (χ0n) is 12.5. The third kappa shape index (κ3) is 2.22. The van der Waals surface area contributed by atoms with Crippen molar-refractivity contribution in [2.45, 2.75) is 64.0 Å². The molecule has 2 heterocycles. The Bertz CT molecular complexity index is 422. The minimum absolute atomic E-state index is 0.121. The topological polar surface area (TPSA) is 47.3 Å². The summed E-state index contributed by atoms with van der Waals surface area (Å²) in [5, 5.41) is 9.53. The van der Waals surface area contributed by atoms with Crippen LogP contribution in [0.5, 0.6) is 0 Å². The van der Waals surface area contributed by atoms with Gasteiger partial charge in [0, 0.05) is 25.2 Å². The molecule has 1 saturated carbocycles. The van der Waals surface area contributed by atoms with E-state index in [1.807, 2.05) is 4.90 Å². The van der Waals surface area contributed by atoms with Gasteiger partial charge in [0.15, 0.2) is 0 Å². The Morgan fingerprint density at radius 2 is 1.95 bits per heavy atom. The number of carbonyl (C=O) groups is 1. The van der Waals surface area contributed by atoms with Gasteiger partial charge in [-0.2, -0.15) is 5.26 Å². The molecule has 3 rings (SSSR count). The van der Waals surface area contributed by atoms with Crippen molar-refractivity contribution in [2.75, 3.05) is 19.6 Å². The average Bonchev–Trinajstić information content (AvgIpc) is 2.96. The summed E-state index contributed by atoms with van der Waals surface area (Å²) in [6, 6.07) is 3.14. The number of nitriles is 1. The van der Waals surface area contributed by atoms with Crippen molar-refractivity contribution in [3.63, 3.8) is 0 Å². The summed E-state index contributed by atoms with van der Waals surface area (Å²) in [5.41, 5.74) is -0.703. The summed E-state index contributed by atoms with van der Waals surface area (Å²) < 4.78 is 0. The third-order valence-corrected chi connectivity index (χ3v) is 5.53. The Labute approximate surface area is 121 Å². The van der Waals surface area contributed by atoms with Gasteiger partial charge in [0.1, 0.15) is 5.41 Å². The first-order valence-electron chi connectivity index (χ1n) is 8.13. The van der Waals surface area contributed by atoms with E-state index < -0.39 is 5.41 Å². The fraction of sp³-hybridized carbons (Fsp3) is 0.875. The van der Waals surface area contributed by atoms with Gasteiger partial charge in [-0.25, -0.2) is 0 Å². The van der Waals surface area contributed by atoms with Gasteiger partial charge < -0.3 is 4.90 Å². The van der Waals surface area contributed by atoms with Crippen LogP contribution in [0.3, 0.4) is 0 Å². The molecule has 110 valence electrons. The summed E-state index contributed by atoms with van der Waals surface area (Å²) in [6.07, 6.45) is 7.35. The van der Waals surface area contributed by atoms with Crippen molar-refractivity contribution in [3.05, 3.63) is 0 Å². The van der Waals surface area contributed by atoms with Crippen LogP contribution in [-0.2, 0) is 4.79 Å². The van der Waals surface area contributed by atoms with Gasteiger partial charge in [-0.05, 0) is 39.2 Å². The van der Waals surface area contributed by atoms with Crippen molar-refractivity contribution < 1.29 is 4.79 Å². The van der Waals surface area contributed by atoms with Crippen LogP contribution in [0.4, 0.5) is 0 Å². The number of hydrogen-bond donors (Lipinski definition) is 0. The minimum atomic E-state index is -0.703. The molecule has 2 aliphatic heterocycles. The number of amides is 1. The van der Waals surface area contributed by atoms with Crippen LogP contribution in [0.25, 0.3) is 0 Å². The lowest BCUT2D eigenvalue weighted by atomic mass is 9.85. The molecule has 2 atom stereocenters. The predicted octanol–water partition coefficient (Wildman–Crippen LogP) is 2.16. The molecule has 0 aromatic rings. The van der Waals surface area contributed by atoms with Crippen molar-refractivity contribution in [3.8, 4) is 6.07 Å². The van der Waals surface area contributed by atoms with E-state index in [1.54, 1.807) is 0 Å². The van der Waals surface area contributed by atoms with E-state index in [0.717, 1.165) is 38.8 Å². The summed E-state index contributed by atoms with van der Waals surface area (Å²) in [7, 11) is 0. The fourth-order valence-corrected chi connectivity index (χ4v) is 4.26. The molecule has 3 fully saturated rings. The van der Waals surface area contributed by atoms with Crippen LogP contribution in [0.15, 0.2) is 0 Å². The third-order valence-electron chi connectivity index (χ3n) is 5.53. The van der Waals surface area contributed by atoms with Gasteiger partial charge in [-0.1, -0.05) is 19.3 Å². The van der Waals surface area contributed by atoms with Gasteiger partial charge in [-0.3, -0.25) is 9.69 Å². The van der Waals surface area contributed by atoms with Crippen molar-refractivity contribution in [1.29, 1.82) is 5.26 Å². The lowest BCUT2D eigenvalue weighted by Gasteiger charge is -2.48. The fourth-order valence-electron chi connectivity index (χ4n) is 4.26. The number of piperazine rings is 1. The first-order chi connectivity index (χ1) is 9.66. The van der Waals surface area contributed by atoms with Gasteiger partial charge >= 0.3 is 0 Å². The molecule has 0 radical (unpaired) electrons. The van der Waals surface area contributed by atoms with Crippen molar-refractivity contribution >= 4 is 5.91 Å². The quantitative estimate of drug-likeness (QED) is 0.736. The number of carbonyl (C=O) groups excluding carboxylic acids is 1. The van der Waals surface area contributed by atoms with Gasteiger partial charge in [-0.15, -0.1) is 0 Å². The van der Waals surface area contributed by atoms with E-state index in [2.05, 4.69) is 17.9 Å². The second kappa shape index (κ2) is 5.37. The van der Waals surface area contributed by atoms with E-state index in [0.29, 0.717) is 6.04 Å². The summed E-state index contributed by atoms with van der Waals surface area (Å²) >= 11 is 0. The van der Waals surface area contributed by atoms with E-state index in [1.165, 1.54) is 25.8 Å². The zero-order valence-corrected chi connectivity index (χ0v) is 12.5. The normalized spacial score (nSPS) is 33.5. The molecule has 0 bridgehead atoms. The number of hydrogen-bond acceptors (Lipinski definition) is 3. The number of piperidine rings is 1. The van der Waals surface area contributed by atoms with E-state index in [-0.39, 0.29) is 11.9 Å². The maximum atomic E-state index is 12.9. The highest BCUT2D eigenvalue weighted by molar-refractivity contribution is 5.86. The first-order valence-corrected chi connectivity index (χ1v) is 8.13. The highest BCUT2D eigenvalue weighted by Crippen LogP contribution is 2.40. The van der Waals surface area contributed by atoms with Crippen molar-refractivity contribution in [2.24, 2.45) is 5.41 Å². The number of rotatable bonds is 1. The van der Waals surface area contributed by atoms with E-state index in [9.17, 15) is 10.1 Å². The van der Waals surface area contributed by atoms with E-state index >= 15 is 0 Å². The Kier molecular flexibility index (Phi) is 3.72. The van der Waals surface area contributed by atoms with Crippen LogP contribution >= 0.6 is 0 Å². The summed E-state index contributed by atoms with van der Waals surface area (Å²) in [5.74, 6) is 0.121. The monoisotopic (exact) mass is 275 g/mol. The standard InChI is InChI=1S/C16H25N3O/c1-13-10-18-9-5-2-6-14(18)11-19(13)15(20)16(12-17)7-3-4-8-16/h13-14H,2-11H2,1H3. The number of nitrogens with zero attached hydrogens (tertiary/aromatic N) is 3. The smallest absolute Gasteiger partial charge is 0.243 e. The van der Waals surface area contributed by atoms with Crippen LogP contribution in [-0.4, -0.2) is 47.4 Å². The molecule has 1 amide bonds. The average molecular weight is 275 g/mol. The maximum Gasteiger partial charge on any atom is 0.243 e. The highest BCUT2D eigenvalue weighted by Gasteiger charge is 2.47.